The van der Waals surface area contributed by atoms with Crippen molar-refractivity contribution < 1.29 is 14.3 Å². The fourth-order valence-electron chi connectivity index (χ4n) is 2.36. The van der Waals surface area contributed by atoms with E-state index in [4.69, 9.17) is 4.74 Å². The summed E-state index contributed by atoms with van der Waals surface area (Å²) >= 11 is 0. The second-order valence-corrected chi connectivity index (χ2v) is 6.06. The Kier molecular flexibility index (Phi) is 6.55. The van der Waals surface area contributed by atoms with Crippen molar-refractivity contribution >= 4 is 17.5 Å². The highest BCUT2D eigenvalue weighted by molar-refractivity contribution is 6.04. The molecule has 5 nitrogen and oxygen atoms in total. The van der Waals surface area contributed by atoms with Crippen LogP contribution in [0.2, 0.25) is 0 Å². The van der Waals surface area contributed by atoms with Crippen LogP contribution < -0.4 is 15.4 Å². The van der Waals surface area contributed by atoms with Gasteiger partial charge in [-0.1, -0.05) is 30.3 Å². The van der Waals surface area contributed by atoms with E-state index in [1.807, 2.05) is 32.0 Å². The Hall–Kier alpha value is -3.08. The quantitative estimate of drug-likeness (QED) is 0.748. The van der Waals surface area contributed by atoms with Crippen molar-refractivity contribution in [2.75, 3.05) is 11.9 Å². The molecular formula is C21H24N2O3. The van der Waals surface area contributed by atoms with Crippen LogP contribution in [0.4, 0.5) is 5.69 Å². The Morgan fingerprint density at radius 2 is 1.92 bits per heavy atom. The fraction of sp³-hybridized carbons (Fsp3) is 0.238. The van der Waals surface area contributed by atoms with Gasteiger partial charge in [0.25, 0.3) is 11.8 Å². The number of ether oxygens (including phenoxy) is 1. The van der Waals surface area contributed by atoms with Crippen LogP contribution in [0, 0.1) is 13.8 Å². The molecule has 136 valence electrons. The summed E-state index contributed by atoms with van der Waals surface area (Å²) in [5.74, 6) is 0.0726. The maximum atomic E-state index is 12.5. The number of nitrogens with one attached hydrogen (secondary N) is 2. The number of hydrogen-bond donors (Lipinski definition) is 2. The van der Waals surface area contributed by atoms with Crippen LogP contribution in [-0.2, 0) is 4.79 Å². The third kappa shape index (κ3) is 4.96. The van der Waals surface area contributed by atoms with Gasteiger partial charge in [0.2, 0.25) is 0 Å². The van der Waals surface area contributed by atoms with E-state index < -0.39 is 6.10 Å². The lowest BCUT2D eigenvalue weighted by atomic mass is 10.1. The van der Waals surface area contributed by atoms with Crippen LogP contribution in [0.25, 0.3) is 0 Å². The van der Waals surface area contributed by atoms with Gasteiger partial charge in [0.1, 0.15) is 5.75 Å². The minimum Gasteiger partial charge on any atom is -0.481 e. The van der Waals surface area contributed by atoms with Gasteiger partial charge < -0.3 is 15.4 Å². The van der Waals surface area contributed by atoms with E-state index in [0.717, 1.165) is 11.1 Å². The van der Waals surface area contributed by atoms with Crippen molar-refractivity contribution in [2.45, 2.75) is 26.9 Å². The molecule has 0 aliphatic carbocycles. The molecule has 2 aromatic carbocycles. The van der Waals surface area contributed by atoms with Crippen LogP contribution in [0.15, 0.2) is 55.1 Å². The zero-order valence-electron chi connectivity index (χ0n) is 15.3. The number of aryl methyl sites for hydroxylation is 2. The summed E-state index contributed by atoms with van der Waals surface area (Å²) in [4.78, 5) is 24.7. The Morgan fingerprint density at radius 1 is 1.19 bits per heavy atom. The lowest BCUT2D eigenvalue weighted by Gasteiger charge is -2.18. The molecule has 0 fully saturated rings. The smallest absolute Gasteiger partial charge is 0.265 e. The molecule has 0 spiro atoms. The van der Waals surface area contributed by atoms with Crippen molar-refractivity contribution in [3.63, 3.8) is 0 Å². The second kappa shape index (κ2) is 8.85. The molecule has 0 saturated heterocycles. The summed E-state index contributed by atoms with van der Waals surface area (Å²) < 4.78 is 5.80. The van der Waals surface area contributed by atoms with Crippen LogP contribution in [0.3, 0.4) is 0 Å². The zero-order chi connectivity index (χ0) is 19.1. The normalized spacial score (nSPS) is 11.3. The highest BCUT2D eigenvalue weighted by Crippen LogP contribution is 2.21. The fourth-order valence-corrected chi connectivity index (χ4v) is 2.36. The van der Waals surface area contributed by atoms with E-state index >= 15 is 0 Å². The Balaban J connectivity index is 2.10. The Bertz CT molecular complexity index is 815. The van der Waals surface area contributed by atoms with Gasteiger partial charge in [-0.15, -0.1) is 6.58 Å². The molecule has 2 rings (SSSR count). The highest BCUT2D eigenvalue weighted by Gasteiger charge is 2.19. The Labute approximate surface area is 154 Å². The van der Waals surface area contributed by atoms with Gasteiger partial charge in [0.15, 0.2) is 6.10 Å². The first kappa shape index (κ1) is 19.2. The monoisotopic (exact) mass is 352 g/mol. The van der Waals surface area contributed by atoms with E-state index in [2.05, 4.69) is 17.2 Å². The standard InChI is InChI=1S/C21H24N2O3/c1-5-12-22-21(25)17-8-6-7-9-18(17)23-20(24)16(4)26-19-13-14(2)10-11-15(19)3/h5-11,13,16H,1,12H2,2-4H3,(H,22,25)(H,23,24). The van der Waals surface area contributed by atoms with E-state index in [1.54, 1.807) is 37.3 Å². The third-order valence-electron chi connectivity index (χ3n) is 3.85. The molecule has 0 radical (unpaired) electrons. The number of hydrogen-bond acceptors (Lipinski definition) is 3. The minimum absolute atomic E-state index is 0.274. The summed E-state index contributed by atoms with van der Waals surface area (Å²) in [5, 5.41) is 5.48. The molecule has 0 aliphatic rings. The van der Waals surface area contributed by atoms with Crippen molar-refractivity contribution in [2.24, 2.45) is 0 Å². The number of carbonyl (C=O) groups is 2. The number of para-hydroxylation sites is 1. The summed E-state index contributed by atoms with van der Waals surface area (Å²) in [5.41, 5.74) is 2.85. The van der Waals surface area contributed by atoms with Gasteiger partial charge in [-0.3, -0.25) is 9.59 Å². The third-order valence-corrected chi connectivity index (χ3v) is 3.85. The number of carbonyl (C=O) groups excluding carboxylic acids is 2. The van der Waals surface area contributed by atoms with Crippen molar-refractivity contribution in [3.8, 4) is 5.75 Å². The van der Waals surface area contributed by atoms with E-state index in [1.165, 1.54) is 0 Å². The van der Waals surface area contributed by atoms with Gasteiger partial charge in [-0.25, -0.2) is 0 Å². The molecule has 0 heterocycles. The number of anilines is 1. The van der Waals surface area contributed by atoms with Crippen LogP contribution in [0.1, 0.15) is 28.4 Å². The summed E-state index contributed by atoms with van der Waals surface area (Å²) in [6.45, 7) is 9.50. The molecule has 2 amide bonds. The zero-order valence-corrected chi connectivity index (χ0v) is 15.3. The molecule has 1 unspecified atom stereocenters. The van der Waals surface area contributed by atoms with Crippen LogP contribution in [-0.4, -0.2) is 24.5 Å². The average molecular weight is 352 g/mol. The number of rotatable bonds is 7. The molecule has 2 N–H and O–H groups in total. The first-order valence-electron chi connectivity index (χ1n) is 8.45. The first-order valence-corrected chi connectivity index (χ1v) is 8.45. The molecule has 1 atom stereocenters. The lowest BCUT2D eigenvalue weighted by molar-refractivity contribution is -0.122. The largest absolute Gasteiger partial charge is 0.481 e. The van der Waals surface area contributed by atoms with E-state index in [0.29, 0.717) is 23.5 Å². The topological polar surface area (TPSA) is 67.4 Å². The van der Waals surface area contributed by atoms with Gasteiger partial charge >= 0.3 is 0 Å². The summed E-state index contributed by atoms with van der Waals surface area (Å²) in [7, 11) is 0. The maximum absolute atomic E-state index is 12.5. The van der Waals surface area contributed by atoms with Gasteiger partial charge in [-0.05, 0) is 50.1 Å². The summed E-state index contributed by atoms with van der Waals surface area (Å²) in [6, 6.07) is 12.7. The molecule has 0 aliphatic heterocycles. The Morgan fingerprint density at radius 3 is 2.65 bits per heavy atom. The minimum atomic E-state index is -0.709. The second-order valence-electron chi connectivity index (χ2n) is 6.06. The molecule has 0 bridgehead atoms. The predicted molar refractivity (Wildman–Crippen MR) is 104 cm³/mol. The van der Waals surface area contributed by atoms with E-state index in [9.17, 15) is 9.59 Å². The number of amides is 2. The molecule has 2 aromatic rings. The first-order chi connectivity index (χ1) is 12.4. The summed E-state index contributed by atoms with van der Waals surface area (Å²) in [6.07, 6.45) is 0.888. The van der Waals surface area contributed by atoms with Gasteiger partial charge in [-0.2, -0.15) is 0 Å². The lowest BCUT2D eigenvalue weighted by Crippen LogP contribution is -2.32. The molecule has 0 aromatic heterocycles. The van der Waals surface area contributed by atoms with Crippen molar-refractivity contribution in [1.82, 2.24) is 5.32 Å². The van der Waals surface area contributed by atoms with Crippen molar-refractivity contribution in [1.29, 1.82) is 0 Å². The maximum Gasteiger partial charge on any atom is 0.265 e. The average Bonchev–Trinajstić information content (AvgIpc) is 2.63. The van der Waals surface area contributed by atoms with Crippen molar-refractivity contribution in [3.05, 3.63) is 71.8 Å². The molecule has 26 heavy (non-hydrogen) atoms. The molecular weight excluding hydrogens is 328 g/mol. The van der Waals surface area contributed by atoms with Gasteiger partial charge in [0.05, 0.1) is 11.3 Å². The van der Waals surface area contributed by atoms with Gasteiger partial charge in [0, 0.05) is 6.54 Å². The number of benzene rings is 2. The molecule has 0 saturated carbocycles. The highest BCUT2D eigenvalue weighted by atomic mass is 16.5. The van der Waals surface area contributed by atoms with E-state index in [-0.39, 0.29) is 11.8 Å². The predicted octanol–water partition coefficient (Wildman–Crippen LogP) is 3.63. The van der Waals surface area contributed by atoms with Crippen LogP contribution in [0.5, 0.6) is 5.75 Å². The SMILES string of the molecule is C=CCNC(=O)c1ccccc1NC(=O)C(C)Oc1cc(C)ccc1C. The molecule has 5 heteroatoms. The van der Waals surface area contributed by atoms with Crippen LogP contribution >= 0.6 is 0 Å².